The minimum Gasteiger partial charge on any atom is -0.511 e. The SMILES string of the molecule is CCC1=C(C(=O)OC)C2=NC1=CC1=C(C)C3=C(O)CC(=C4NC(=CC5=NC(=C2)C(CO)=C5C)[C@@H](C)[C@@H]4CCC(=O)OC)C3=N1. The van der Waals surface area contributed by atoms with Crippen LogP contribution in [0.4, 0.5) is 0 Å². The van der Waals surface area contributed by atoms with Gasteiger partial charge in [0, 0.05) is 52.8 Å². The van der Waals surface area contributed by atoms with E-state index in [1.54, 1.807) is 6.08 Å². The molecular weight excluding hydrogens is 560 g/mol. The van der Waals surface area contributed by atoms with Crippen molar-refractivity contribution < 1.29 is 29.3 Å². The molecule has 10 nitrogen and oxygen atoms in total. The minimum absolute atomic E-state index is 0.0100. The van der Waals surface area contributed by atoms with Crippen molar-refractivity contribution in [2.45, 2.75) is 53.4 Å². The highest BCUT2D eigenvalue weighted by atomic mass is 16.5. The molecule has 6 rings (SSSR count). The zero-order chi connectivity index (χ0) is 31.4. The molecule has 3 N–H and O–H groups in total. The van der Waals surface area contributed by atoms with Crippen molar-refractivity contribution in [1.29, 1.82) is 0 Å². The van der Waals surface area contributed by atoms with E-state index in [-0.39, 0.29) is 36.6 Å². The number of aliphatic hydroxyl groups excluding tert-OH is 2. The summed E-state index contributed by atoms with van der Waals surface area (Å²) < 4.78 is 10.1. The first-order valence-electron chi connectivity index (χ1n) is 14.9. The molecule has 10 heteroatoms. The van der Waals surface area contributed by atoms with Crippen LogP contribution >= 0.6 is 0 Å². The van der Waals surface area contributed by atoms with E-state index in [4.69, 9.17) is 24.5 Å². The average molecular weight is 597 g/mol. The van der Waals surface area contributed by atoms with E-state index in [1.165, 1.54) is 14.2 Å². The summed E-state index contributed by atoms with van der Waals surface area (Å²) in [5, 5.41) is 25.2. The summed E-state index contributed by atoms with van der Waals surface area (Å²) in [6.45, 7) is 7.65. The lowest BCUT2D eigenvalue weighted by Gasteiger charge is -2.17. The van der Waals surface area contributed by atoms with E-state index in [2.05, 4.69) is 12.2 Å². The summed E-state index contributed by atoms with van der Waals surface area (Å²) in [6.07, 6.45) is 7.20. The molecule has 0 aromatic rings. The number of allylic oxidation sites excluding steroid dienone is 10. The van der Waals surface area contributed by atoms with Crippen LogP contribution in [-0.4, -0.2) is 60.1 Å². The smallest absolute Gasteiger partial charge is 0.340 e. The third-order valence-electron chi connectivity index (χ3n) is 9.34. The Morgan fingerprint density at radius 2 is 1.73 bits per heavy atom. The summed E-state index contributed by atoms with van der Waals surface area (Å²) >= 11 is 0. The zero-order valence-electron chi connectivity index (χ0n) is 25.8. The third kappa shape index (κ3) is 4.55. The molecule has 0 saturated carbocycles. The Labute approximate surface area is 256 Å². The third-order valence-corrected chi connectivity index (χ3v) is 9.34. The topological polar surface area (TPSA) is 142 Å². The van der Waals surface area contributed by atoms with Crippen LogP contribution in [0.3, 0.4) is 0 Å². The number of nitrogens with zero attached hydrogens (tertiary/aromatic N) is 3. The van der Waals surface area contributed by atoms with Gasteiger partial charge in [-0.1, -0.05) is 13.8 Å². The molecule has 228 valence electrons. The van der Waals surface area contributed by atoms with Crippen LogP contribution in [0.5, 0.6) is 0 Å². The fraction of sp³-hybridized carbons (Fsp3) is 0.382. The van der Waals surface area contributed by atoms with Gasteiger partial charge >= 0.3 is 11.9 Å². The Kier molecular flexibility index (Phi) is 7.49. The van der Waals surface area contributed by atoms with E-state index in [0.29, 0.717) is 70.2 Å². The van der Waals surface area contributed by atoms with E-state index in [1.807, 2.05) is 32.9 Å². The number of fused-ring (bicyclic) bond motifs is 5. The van der Waals surface area contributed by atoms with Gasteiger partial charge in [0.2, 0.25) is 0 Å². The summed E-state index contributed by atoms with van der Waals surface area (Å²) in [7, 11) is 2.73. The van der Waals surface area contributed by atoms with Gasteiger partial charge < -0.3 is 25.0 Å². The van der Waals surface area contributed by atoms with Gasteiger partial charge in [-0.25, -0.2) is 19.8 Å². The molecule has 6 aliphatic rings. The first kappa shape index (κ1) is 29.5. The van der Waals surface area contributed by atoms with Crippen molar-refractivity contribution in [3.05, 3.63) is 91.5 Å². The monoisotopic (exact) mass is 596 g/mol. The number of carbonyl (C=O) groups excluding carboxylic acids is 2. The Bertz CT molecular complexity index is 1770. The molecule has 5 heterocycles. The number of hydrogen-bond donors (Lipinski definition) is 3. The Morgan fingerprint density at radius 1 is 1.00 bits per heavy atom. The lowest BCUT2D eigenvalue weighted by Crippen LogP contribution is -2.16. The highest BCUT2D eigenvalue weighted by molar-refractivity contribution is 6.28. The number of esters is 2. The van der Waals surface area contributed by atoms with Gasteiger partial charge in [0.1, 0.15) is 5.76 Å². The van der Waals surface area contributed by atoms with Crippen molar-refractivity contribution in [3.8, 4) is 0 Å². The summed E-state index contributed by atoms with van der Waals surface area (Å²) in [6, 6.07) is 0. The fourth-order valence-corrected chi connectivity index (χ4v) is 6.85. The Morgan fingerprint density at radius 3 is 2.41 bits per heavy atom. The van der Waals surface area contributed by atoms with Crippen LogP contribution < -0.4 is 5.32 Å². The van der Waals surface area contributed by atoms with Gasteiger partial charge in [0.05, 0.1) is 60.6 Å². The second-order valence-electron chi connectivity index (χ2n) is 11.6. The molecule has 5 aliphatic heterocycles. The molecule has 0 unspecified atom stereocenters. The molecule has 0 aromatic carbocycles. The highest BCUT2D eigenvalue weighted by Gasteiger charge is 2.41. The lowest BCUT2D eigenvalue weighted by atomic mass is 9.86. The quantitative estimate of drug-likeness (QED) is 0.376. The number of aliphatic hydroxyl groups is 2. The van der Waals surface area contributed by atoms with Crippen LogP contribution in [0.2, 0.25) is 0 Å². The van der Waals surface area contributed by atoms with Crippen molar-refractivity contribution in [3.63, 3.8) is 0 Å². The zero-order valence-corrected chi connectivity index (χ0v) is 25.8. The first-order chi connectivity index (χ1) is 21.1. The molecule has 0 aromatic heterocycles. The predicted molar refractivity (Wildman–Crippen MR) is 167 cm³/mol. The largest absolute Gasteiger partial charge is 0.511 e. The van der Waals surface area contributed by atoms with Crippen LogP contribution in [0.15, 0.2) is 106 Å². The summed E-state index contributed by atoms with van der Waals surface area (Å²) in [5.41, 5.74) is 10.3. The predicted octanol–water partition coefficient (Wildman–Crippen LogP) is 4.76. The molecule has 0 spiro atoms. The Hall–Kier alpha value is -4.57. The number of hydrogen-bond acceptors (Lipinski definition) is 10. The number of ether oxygens (including phenoxy) is 2. The second-order valence-corrected chi connectivity index (χ2v) is 11.6. The van der Waals surface area contributed by atoms with Gasteiger partial charge in [-0.15, -0.1) is 0 Å². The van der Waals surface area contributed by atoms with E-state index in [9.17, 15) is 19.8 Å². The maximum Gasteiger partial charge on any atom is 0.340 e. The van der Waals surface area contributed by atoms with Gasteiger partial charge in [0.25, 0.3) is 0 Å². The average Bonchev–Trinajstić information content (AvgIpc) is 3.77. The second kappa shape index (κ2) is 11.2. The normalized spacial score (nSPS) is 24.0. The molecule has 44 heavy (non-hydrogen) atoms. The molecule has 1 fully saturated rings. The molecule has 2 atom stereocenters. The summed E-state index contributed by atoms with van der Waals surface area (Å²) in [4.78, 5) is 40.0. The maximum absolute atomic E-state index is 13.1. The van der Waals surface area contributed by atoms with Crippen molar-refractivity contribution in [1.82, 2.24) is 5.32 Å². The number of rotatable bonds is 6. The van der Waals surface area contributed by atoms with Gasteiger partial charge in [-0.05, 0) is 61.6 Å². The van der Waals surface area contributed by atoms with Gasteiger partial charge in [0.15, 0.2) is 0 Å². The van der Waals surface area contributed by atoms with Crippen LogP contribution in [0.1, 0.15) is 53.4 Å². The van der Waals surface area contributed by atoms with Crippen LogP contribution in [-0.2, 0) is 19.1 Å². The van der Waals surface area contributed by atoms with E-state index in [0.717, 1.165) is 33.7 Å². The van der Waals surface area contributed by atoms with E-state index >= 15 is 0 Å². The molecule has 1 saturated heterocycles. The molecular formula is C34H36N4O6. The first-order valence-corrected chi connectivity index (χ1v) is 14.9. The van der Waals surface area contributed by atoms with Crippen LogP contribution in [0.25, 0.3) is 0 Å². The standard InChI is InChI=1S/C34H36N4O6/c1-7-18-25-12-24-17(4)30-28(40)10-20(33(30)38-24)32-19(8-9-29(41)43-5)15(2)23(37-32)11-22-16(3)21(14-39)26(35-22)13-27(36-25)31(18)34(42)44-6/h11-13,15,19,37,39-40H,7-10,14H2,1-6H3/t15-,19-/m0/s1. The summed E-state index contributed by atoms with van der Waals surface area (Å²) in [5.74, 6) is -0.604. The van der Waals surface area contributed by atoms with E-state index < -0.39 is 5.97 Å². The van der Waals surface area contributed by atoms with Crippen LogP contribution in [0, 0.1) is 11.8 Å². The lowest BCUT2D eigenvalue weighted by molar-refractivity contribution is -0.141. The number of aliphatic imine (C=N–C) groups is 3. The number of methoxy groups -OCH3 is 2. The van der Waals surface area contributed by atoms with Gasteiger partial charge in [-0.2, -0.15) is 0 Å². The minimum atomic E-state index is -0.504. The highest BCUT2D eigenvalue weighted by Crippen LogP contribution is 2.46. The Balaban J connectivity index is 1.62. The van der Waals surface area contributed by atoms with Gasteiger partial charge in [-0.3, -0.25) is 4.79 Å². The van der Waals surface area contributed by atoms with Crippen molar-refractivity contribution >= 4 is 29.1 Å². The molecule has 0 radical (unpaired) electrons. The molecule has 1 aliphatic carbocycles. The van der Waals surface area contributed by atoms with Crippen molar-refractivity contribution in [2.24, 2.45) is 26.8 Å². The maximum atomic E-state index is 13.1. The number of carbonyl (C=O) groups is 2. The molecule has 8 bridgehead atoms. The molecule has 0 amide bonds. The fourth-order valence-electron chi connectivity index (χ4n) is 6.85. The number of nitrogens with one attached hydrogen (secondary N) is 1. The van der Waals surface area contributed by atoms with Crippen molar-refractivity contribution in [2.75, 3.05) is 20.8 Å².